The molecule has 0 fully saturated rings. The van der Waals surface area contributed by atoms with E-state index in [1.165, 1.54) is 6.20 Å². The van der Waals surface area contributed by atoms with E-state index in [4.69, 9.17) is 5.73 Å². The Morgan fingerprint density at radius 3 is 2.44 bits per heavy atom. The lowest BCUT2D eigenvalue weighted by Crippen LogP contribution is -2.42. The molecule has 9 heteroatoms. The van der Waals surface area contributed by atoms with Gasteiger partial charge in [0.2, 0.25) is 0 Å². The Hall–Kier alpha value is -2.35. The number of rotatable bonds is 5. The van der Waals surface area contributed by atoms with Crippen LogP contribution in [0, 0.1) is 0 Å². The fraction of sp³-hybridized carbons (Fsp3) is 0.167. The van der Waals surface area contributed by atoms with Gasteiger partial charge < -0.3 is 11.1 Å². The van der Waals surface area contributed by atoms with E-state index < -0.39 is 23.6 Å². The first-order valence-electron chi connectivity index (χ1n) is 7.66. The molecule has 0 radical (unpaired) electrons. The predicted octanol–water partition coefficient (Wildman–Crippen LogP) is 3.38. The predicted molar refractivity (Wildman–Crippen MR) is 104 cm³/mol. The molecule has 2 aromatic carbocycles. The highest BCUT2D eigenvalue weighted by Crippen LogP contribution is 2.27. The van der Waals surface area contributed by atoms with Crippen molar-refractivity contribution in [1.29, 1.82) is 0 Å². The highest BCUT2D eigenvalue weighted by molar-refractivity contribution is 5.86. The molecule has 0 bridgehead atoms. The second-order valence-corrected chi connectivity index (χ2v) is 5.53. The lowest BCUT2D eigenvalue weighted by molar-refractivity contribution is -0.148. The highest BCUT2D eigenvalue weighted by Gasteiger charge is 2.43. The number of halogens is 4. The number of hydrogen-bond acceptors (Lipinski definition) is 4. The third-order valence-corrected chi connectivity index (χ3v) is 3.89. The van der Waals surface area contributed by atoms with Crippen molar-refractivity contribution in [1.82, 2.24) is 15.3 Å². The molecule has 1 atom stereocenters. The molecule has 1 aromatic heterocycles. The topological polar surface area (TPSA) is 80.9 Å². The van der Waals surface area contributed by atoms with Gasteiger partial charge in [-0.2, -0.15) is 8.78 Å². The number of hydrogen-bond donors (Lipinski definition) is 2. The number of carbonyl (C=O) groups is 1. The van der Waals surface area contributed by atoms with Crippen molar-refractivity contribution in [3.8, 4) is 0 Å². The third-order valence-electron chi connectivity index (χ3n) is 3.89. The average Bonchev–Trinajstić information content (AvgIpc) is 2.66. The van der Waals surface area contributed by atoms with Crippen LogP contribution in [0.25, 0.3) is 10.8 Å². The molecule has 1 unspecified atom stereocenters. The summed E-state index contributed by atoms with van der Waals surface area (Å²) in [5, 5.41) is 4.26. The molecule has 3 N–H and O–H groups in total. The van der Waals surface area contributed by atoms with Crippen molar-refractivity contribution < 1.29 is 13.6 Å². The quantitative estimate of drug-likeness (QED) is 0.670. The van der Waals surface area contributed by atoms with Crippen LogP contribution in [0.4, 0.5) is 8.78 Å². The van der Waals surface area contributed by atoms with Gasteiger partial charge in [0.15, 0.2) is 0 Å². The summed E-state index contributed by atoms with van der Waals surface area (Å²) in [6.07, 6.45) is 3.24. The molecule has 3 aromatic rings. The molecule has 3 rings (SSSR count). The lowest BCUT2D eigenvalue weighted by Gasteiger charge is -2.21. The fourth-order valence-corrected chi connectivity index (χ4v) is 2.53. The molecule has 1 heterocycles. The summed E-state index contributed by atoms with van der Waals surface area (Å²) in [5.41, 5.74) is 5.64. The van der Waals surface area contributed by atoms with E-state index in [-0.39, 0.29) is 31.4 Å². The van der Waals surface area contributed by atoms with Crippen molar-refractivity contribution in [3.63, 3.8) is 0 Å². The smallest absolute Gasteiger partial charge is 0.342 e. The molecule has 0 aliphatic heterocycles. The van der Waals surface area contributed by atoms with Crippen molar-refractivity contribution in [3.05, 3.63) is 72.3 Å². The molecule has 0 aliphatic rings. The maximum absolute atomic E-state index is 14.3. The van der Waals surface area contributed by atoms with Crippen LogP contribution in [-0.2, 0) is 10.7 Å². The lowest BCUT2D eigenvalue weighted by atomic mass is 10.0. The second kappa shape index (κ2) is 9.55. The maximum Gasteiger partial charge on any atom is 0.367 e. The minimum Gasteiger partial charge on any atom is -0.342 e. The number of alkyl halides is 2. The maximum atomic E-state index is 14.3. The first kappa shape index (κ1) is 22.7. The highest BCUT2D eigenvalue weighted by atomic mass is 35.5. The molecular formula is C18H18Cl2F2N4O. The number of nitrogens with zero attached hydrogens (tertiary/aromatic N) is 2. The van der Waals surface area contributed by atoms with Crippen LogP contribution in [0.1, 0.15) is 17.3 Å². The zero-order valence-corrected chi connectivity index (χ0v) is 15.6. The Morgan fingerprint density at radius 2 is 1.81 bits per heavy atom. The average molecular weight is 415 g/mol. The van der Waals surface area contributed by atoms with E-state index in [2.05, 4.69) is 15.3 Å². The van der Waals surface area contributed by atoms with Gasteiger partial charge >= 0.3 is 5.92 Å². The van der Waals surface area contributed by atoms with E-state index in [1.807, 2.05) is 36.4 Å². The van der Waals surface area contributed by atoms with Gasteiger partial charge in [-0.15, -0.1) is 24.8 Å². The van der Waals surface area contributed by atoms with Crippen LogP contribution < -0.4 is 11.1 Å². The van der Waals surface area contributed by atoms with E-state index in [1.54, 1.807) is 6.07 Å². The van der Waals surface area contributed by atoms with E-state index in [0.717, 1.165) is 23.2 Å². The van der Waals surface area contributed by atoms with Gasteiger partial charge in [0, 0.05) is 18.9 Å². The van der Waals surface area contributed by atoms with Crippen molar-refractivity contribution in [2.24, 2.45) is 5.73 Å². The van der Waals surface area contributed by atoms with Crippen molar-refractivity contribution >= 4 is 41.5 Å². The van der Waals surface area contributed by atoms with Gasteiger partial charge in [-0.25, -0.2) is 0 Å². The van der Waals surface area contributed by atoms with Gasteiger partial charge in [0.1, 0.15) is 5.69 Å². The first-order chi connectivity index (χ1) is 12.0. The minimum absolute atomic E-state index is 0. The number of nitrogens with two attached hydrogens (primary N) is 1. The minimum atomic E-state index is -3.79. The van der Waals surface area contributed by atoms with E-state index in [9.17, 15) is 13.6 Å². The summed E-state index contributed by atoms with van der Waals surface area (Å²) in [4.78, 5) is 19.2. The molecular weight excluding hydrogens is 397 g/mol. The molecule has 0 spiro atoms. The second-order valence-electron chi connectivity index (χ2n) is 5.53. The monoisotopic (exact) mass is 414 g/mol. The normalized spacial score (nSPS) is 11.8. The van der Waals surface area contributed by atoms with Crippen LogP contribution in [-0.4, -0.2) is 22.4 Å². The van der Waals surface area contributed by atoms with Crippen LogP contribution in [0.3, 0.4) is 0 Å². The molecule has 144 valence electrons. The fourth-order valence-electron chi connectivity index (χ4n) is 2.53. The van der Waals surface area contributed by atoms with Gasteiger partial charge in [-0.1, -0.05) is 36.4 Å². The number of aromatic nitrogens is 2. The van der Waals surface area contributed by atoms with Crippen LogP contribution in [0.15, 0.2) is 61.1 Å². The molecule has 0 saturated carbocycles. The van der Waals surface area contributed by atoms with Gasteiger partial charge in [-0.3, -0.25) is 14.8 Å². The summed E-state index contributed by atoms with van der Waals surface area (Å²) in [7, 11) is 0. The zero-order valence-electron chi connectivity index (χ0n) is 14.0. The molecule has 5 nitrogen and oxygen atoms in total. The summed E-state index contributed by atoms with van der Waals surface area (Å²) in [5.74, 6) is -5.25. The Bertz CT molecular complexity index is 897. The number of amides is 1. The SMILES string of the molecule is Cl.Cl.NCC(NC(=O)C(F)(F)c1cnccn1)c1ccc2ccccc2c1. The number of fused-ring (bicyclic) bond motifs is 1. The first-order valence-corrected chi connectivity index (χ1v) is 7.66. The van der Waals surface area contributed by atoms with Crippen molar-refractivity contribution in [2.75, 3.05) is 6.54 Å². The third kappa shape index (κ3) is 4.88. The summed E-state index contributed by atoms with van der Waals surface area (Å²) >= 11 is 0. The summed E-state index contributed by atoms with van der Waals surface area (Å²) in [6, 6.07) is 12.4. The van der Waals surface area contributed by atoms with Crippen LogP contribution in [0.2, 0.25) is 0 Å². The molecule has 0 saturated heterocycles. The van der Waals surface area contributed by atoms with Gasteiger partial charge in [0.25, 0.3) is 5.91 Å². The largest absolute Gasteiger partial charge is 0.367 e. The van der Waals surface area contributed by atoms with Gasteiger partial charge in [-0.05, 0) is 22.4 Å². The van der Waals surface area contributed by atoms with Crippen molar-refractivity contribution in [2.45, 2.75) is 12.0 Å². The Balaban J connectivity index is 0.00000182. The Labute approximate surface area is 167 Å². The number of carbonyl (C=O) groups excluding carboxylic acids is 1. The van der Waals surface area contributed by atoms with E-state index >= 15 is 0 Å². The number of nitrogens with one attached hydrogen (secondary N) is 1. The molecule has 1 amide bonds. The number of benzene rings is 2. The Morgan fingerprint density at radius 1 is 1.11 bits per heavy atom. The van der Waals surface area contributed by atoms with E-state index in [0.29, 0.717) is 5.56 Å². The zero-order chi connectivity index (χ0) is 17.9. The van der Waals surface area contributed by atoms with Crippen LogP contribution in [0.5, 0.6) is 0 Å². The van der Waals surface area contributed by atoms with Gasteiger partial charge in [0.05, 0.1) is 12.2 Å². The summed E-state index contributed by atoms with van der Waals surface area (Å²) in [6.45, 7) is -0.0133. The standard InChI is InChI=1S/C18H16F2N4O.2ClH/c19-18(20,16-11-22-7-8-23-16)17(25)24-15(10-21)14-6-5-12-3-1-2-4-13(12)9-14;;/h1-9,11,15H,10,21H2,(H,24,25);2*1H. The Kier molecular flexibility index (Phi) is 8.02. The summed E-state index contributed by atoms with van der Waals surface area (Å²) < 4.78 is 28.5. The molecule has 27 heavy (non-hydrogen) atoms. The molecule has 0 aliphatic carbocycles. The van der Waals surface area contributed by atoms with Crippen LogP contribution >= 0.6 is 24.8 Å².